The van der Waals surface area contributed by atoms with Gasteiger partial charge in [0.1, 0.15) is 11.5 Å². The zero-order valence-electron chi connectivity index (χ0n) is 13.5. The first-order valence-corrected chi connectivity index (χ1v) is 7.90. The Kier molecular flexibility index (Phi) is 6.44. The second kappa shape index (κ2) is 8.56. The maximum Gasteiger partial charge on any atom is 0.123 e. The summed E-state index contributed by atoms with van der Waals surface area (Å²) in [7, 11) is 1.63. The van der Waals surface area contributed by atoms with Gasteiger partial charge in [0.25, 0.3) is 0 Å². The number of hydrogen-bond acceptors (Lipinski definition) is 4. The Morgan fingerprint density at radius 3 is 2.35 bits per heavy atom. The molecule has 0 unspecified atom stereocenters. The van der Waals surface area contributed by atoms with Gasteiger partial charge < -0.3 is 20.1 Å². The van der Waals surface area contributed by atoms with Crippen molar-refractivity contribution in [2.45, 2.75) is 25.7 Å². The van der Waals surface area contributed by atoms with E-state index in [-0.39, 0.29) is 19.0 Å². The van der Waals surface area contributed by atoms with E-state index in [4.69, 9.17) is 14.9 Å². The fourth-order valence-corrected chi connectivity index (χ4v) is 2.66. The van der Waals surface area contributed by atoms with Crippen LogP contribution in [-0.2, 0) is 12.8 Å². The molecule has 0 amide bonds. The van der Waals surface area contributed by atoms with Crippen molar-refractivity contribution in [2.24, 2.45) is 0 Å². The average Bonchev–Trinajstić information content (AvgIpc) is 2.59. The van der Waals surface area contributed by atoms with Crippen LogP contribution in [0.3, 0.4) is 0 Å². The lowest BCUT2D eigenvalue weighted by Crippen LogP contribution is -1.96. The van der Waals surface area contributed by atoms with Gasteiger partial charge in [0.05, 0.1) is 7.11 Å². The molecule has 0 aromatic heterocycles. The molecule has 4 nitrogen and oxygen atoms in total. The molecule has 0 saturated carbocycles. The molecule has 0 saturated heterocycles. The second-order valence-corrected chi connectivity index (χ2v) is 5.53. The van der Waals surface area contributed by atoms with E-state index in [1.165, 1.54) is 0 Å². The first-order valence-electron chi connectivity index (χ1n) is 7.90. The molecule has 2 aromatic carbocycles. The fraction of sp³-hybridized carbons (Fsp3) is 0.368. The lowest BCUT2D eigenvalue weighted by Gasteiger charge is -2.13. The molecular formula is C19H24O4. The summed E-state index contributed by atoms with van der Waals surface area (Å²) in [6.07, 6.45) is 2.87. The van der Waals surface area contributed by atoms with Crippen molar-refractivity contribution in [1.29, 1.82) is 0 Å². The van der Waals surface area contributed by atoms with E-state index in [1.54, 1.807) is 13.2 Å². The van der Waals surface area contributed by atoms with E-state index in [0.29, 0.717) is 12.8 Å². The third kappa shape index (κ3) is 4.47. The monoisotopic (exact) mass is 316 g/mol. The molecule has 4 heteroatoms. The Balaban J connectivity index is 2.36. The largest absolute Gasteiger partial charge is 0.507 e. The highest BCUT2D eigenvalue weighted by atomic mass is 16.5. The smallest absolute Gasteiger partial charge is 0.123 e. The van der Waals surface area contributed by atoms with Crippen molar-refractivity contribution in [1.82, 2.24) is 0 Å². The van der Waals surface area contributed by atoms with Crippen LogP contribution in [0.15, 0.2) is 36.4 Å². The minimum Gasteiger partial charge on any atom is -0.507 e. The summed E-state index contributed by atoms with van der Waals surface area (Å²) in [5, 5.41) is 28.2. The zero-order chi connectivity index (χ0) is 16.7. The Labute approximate surface area is 137 Å². The van der Waals surface area contributed by atoms with Gasteiger partial charge in [-0.1, -0.05) is 12.1 Å². The highest BCUT2D eigenvalue weighted by molar-refractivity contribution is 5.72. The van der Waals surface area contributed by atoms with Crippen LogP contribution < -0.4 is 4.74 Å². The molecule has 0 aliphatic carbocycles. The Morgan fingerprint density at radius 2 is 1.65 bits per heavy atom. The highest BCUT2D eigenvalue weighted by Gasteiger charge is 2.10. The van der Waals surface area contributed by atoms with Crippen LogP contribution in [0.1, 0.15) is 24.0 Å². The fourth-order valence-electron chi connectivity index (χ4n) is 2.66. The predicted molar refractivity (Wildman–Crippen MR) is 90.9 cm³/mol. The van der Waals surface area contributed by atoms with E-state index in [9.17, 15) is 5.11 Å². The minimum atomic E-state index is 0.134. The summed E-state index contributed by atoms with van der Waals surface area (Å²) in [6.45, 7) is 0.291. The third-order valence-electron chi connectivity index (χ3n) is 3.88. The van der Waals surface area contributed by atoms with Gasteiger partial charge in [0.2, 0.25) is 0 Å². The van der Waals surface area contributed by atoms with Gasteiger partial charge in [0.15, 0.2) is 0 Å². The van der Waals surface area contributed by atoms with E-state index in [0.717, 1.165) is 40.8 Å². The van der Waals surface area contributed by atoms with Crippen molar-refractivity contribution in [2.75, 3.05) is 20.3 Å². The molecule has 124 valence electrons. The van der Waals surface area contributed by atoms with Gasteiger partial charge in [-0.15, -0.1) is 0 Å². The molecule has 0 bridgehead atoms. The van der Waals surface area contributed by atoms with Gasteiger partial charge in [0, 0.05) is 18.8 Å². The van der Waals surface area contributed by atoms with Gasteiger partial charge in [-0.2, -0.15) is 0 Å². The van der Waals surface area contributed by atoms with Gasteiger partial charge in [-0.25, -0.2) is 0 Å². The summed E-state index contributed by atoms with van der Waals surface area (Å²) >= 11 is 0. The standard InChI is InChI=1S/C19H24O4/c1-23-19-9-7-15(13-16(19)5-3-11-21)17-12-14(4-2-10-20)6-8-18(17)22/h6-9,12-13,20-22H,2-5,10-11H2,1H3. The molecule has 0 spiro atoms. The number of aromatic hydroxyl groups is 1. The number of hydrogen-bond donors (Lipinski definition) is 3. The average molecular weight is 316 g/mol. The van der Waals surface area contributed by atoms with Crippen LogP contribution in [0.5, 0.6) is 11.5 Å². The number of aliphatic hydroxyl groups is 2. The molecule has 0 aliphatic rings. The van der Waals surface area contributed by atoms with E-state index < -0.39 is 0 Å². The molecule has 2 rings (SSSR count). The molecule has 3 N–H and O–H groups in total. The molecule has 0 radical (unpaired) electrons. The summed E-state index contributed by atoms with van der Waals surface area (Å²) < 4.78 is 5.37. The Hall–Kier alpha value is -2.04. The number of methoxy groups -OCH3 is 1. The van der Waals surface area contributed by atoms with Gasteiger partial charge in [-0.05, 0) is 66.6 Å². The summed E-state index contributed by atoms with van der Waals surface area (Å²) in [5.74, 6) is 1.02. The number of benzene rings is 2. The SMILES string of the molecule is COc1ccc(-c2cc(CCCO)ccc2O)cc1CCCO. The topological polar surface area (TPSA) is 69.9 Å². The van der Waals surface area contributed by atoms with E-state index in [1.807, 2.05) is 30.3 Å². The van der Waals surface area contributed by atoms with Crippen LogP contribution >= 0.6 is 0 Å². The Bertz CT molecular complexity index is 637. The van der Waals surface area contributed by atoms with Crippen LogP contribution in [0.4, 0.5) is 0 Å². The third-order valence-corrected chi connectivity index (χ3v) is 3.88. The summed E-state index contributed by atoms with van der Waals surface area (Å²) in [5.41, 5.74) is 3.79. The van der Waals surface area contributed by atoms with Crippen molar-refractivity contribution in [3.8, 4) is 22.6 Å². The van der Waals surface area contributed by atoms with Crippen LogP contribution in [-0.4, -0.2) is 35.6 Å². The Morgan fingerprint density at radius 1 is 0.913 bits per heavy atom. The molecule has 0 atom stereocenters. The first kappa shape index (κ1) is 17.3. The van der Waals surface area contributed by atoms with Crippen LogP contribution in [0.25, 0.3) is 11.1 Å². The normalized spacial score (nSPS) is 10.7. The van der Waals surface area contributed by atoms with Crippen LogP contribution in [0.2, 0.25) is 0 Å². The minimum absolute atomic E-state index is 0.134. The number of phenolic OH excluding ortho intramolecular Hbond substituents is 1. The second-order valence-electron chi connectivity index (χ2n) is 5.53. The van der Waals surface area contributed by atoms with Gasteiger partial charge in [-0.3, -0.25) is 0 Å². The molecule has 0 fully saturated rings. The number of rotatable bonds is 8. The number of aryl methyl sites for hydroxylation is 2. The molecule has 2 aromatic rings. The molecule has 23 heavy (non-hydrogen) atoms. The van der Waals surface area contributed by atoms with Crippen molar-refractivity contribution < 1.29 is 20.1 Å². The summed E-state index contributed by atoms with van der Waals surface area (Å²) in [4.78, 5) is 0. The maximum absolute atomic E-state index is 10.2. The number of aliphatic hydroxyl groups excluding tert-OH is 2. The quantitative estimate of drug-likeness (QED) is 0.700. The molecular weight excluding hydrogens is 292 g/mol. The van der Waals surface area contributed by atoms with Crippen molar-refractivity contribution in [3.05, 3.63) is 47.5 Å². The maximum atomic E-state index is 10.2. The first-order chi connectivity index (χ1) is 11.2. The zero-order valence-corrected chi connectivity index (χ0v) is 13.5. The molecule has 0 heterocycles. The van der Waals surface area contributed by atoms with Crippen molar-refractivity contribution in [3.63, 3.8) is 0 Å². The number of phenols is 1. The number of ether oxygens (including phenoxy) is 1. The van der Waals surface area contributed by atoms with Crippen molar-refractivity contribution >= 4 is 0 Å². The van der Waals surface area contributed by atoms with E-state index >= 15 is 0 Å². The van der Waals surface area contributed by atoms with Crippen LogP contribution in [0, 0.1) is 0 Å². The highest BCUT2D eigenvalue weighted by Crippen LogP contribution is 2.33. The molecule has 0 aliphatic heterocycles. The lowest BCUT2D eigenvalue weighted by atomic mass is 9.97. The van der Waals surface area contributed by atoms with Gasteiger partial charge >= 0.3 is 0 Å². The summed E-state index contributed by atoms with van der Waals surface area (Å²) in [6, 6.07) is 11.3. The lowest BCUT2D eigenvalue weighted by molar-refractivity contribution is 0.287. The van der Waals surface area contributed by atoms with E-state index in [2.05, 4.69) is 0 Å². The predicted octanol–water partition coefficient (Wildman–Crippen LogP) is 2.92.